The van der Waals surface area contributed by atoms with Gasteiger partial charge in [0.1, 0.15) is 45.6 Å². The van der Waals surface area contributed by atoms with E-state index in [9.17, 15) is 72.5 Å². The number of carboxylic acid groups (broad SMARTS) is 1. The molecule has 0 saturated carbocycles. The average Bonchev–Trinajstić information content (AvgIpc) is 1.61. The van der Waals surface area contributed by atoms with Crippen LogP contribution in [0.2, 0.25) is 0 Å². The summed E-state index contributed by atoms with van der Waals surface area (Å²) in [5, 5.41) is 57.0. The molecule has 0 fully saturated rings. The van der Waals surface area contributed by atoms with Crippen LogP contribution in [0.1, 0.15) is 127 Å². The van der Waals surface area contributed by atoms with Gasteiger partial charge in [-0.2, -0.15) is 0 Å². The highest BCUT2D eigenvalue weighted by Gasteiger charge is 2.28. The van der Waals surface area contributed by atoms with Crippen molar-refractivity contribution in [3.8, 4) is 28.2 Å². The fraction of sp³-hybridized carbons (Fsp3) is 0.247. The first-order chi connectivity index (χ1) is 58.6. The highest BCUT2D eigenvalue weighted by Crippen LogP contribution is 2.43. The van der Waals surface area contributed by atoms with Crippen LogP contribution in [0, 0.1) is 0 Å². The third-order valence-electron chi connectivity index (χ3n) is 19.2. The summed E-state index contributed by atoms with van der Waals surface area (Å²) in [5.74, 6) is -7.15. The second-order valence-electron chi connectivity index (χ2n) is 29.0. The van der Waals surface area contributed by atoms with Gasteiger partial charge in [-0.05, 0) is 124 Å². The molecule has 0 unspecified atom stereocenters. The van der Waals surface area contributed by atoms with Crippen molar-refractivity contribution in [1.29, 1.82) is 0 Å². The van der Waals surface area contributed by atoms with E-state index < -0.39 is 65.0 Å². The Bertz CT molecular complexity index is 6240. The van der Waals surface area contributed by atoms with Gasteiger partial charge in [-0.15, -0.1) is 0 Å². The molecule has 2 aromatic carbocycles. The number of nitrogens with zero attached hydrogens (tertiary/aromatic N) is 12. The van der Waals surface area contributed by atoms with Crippen molar-refractivity contribution < 1.29 is 72.2 Å². The van der Waals surface area contributed by atoms with Gasteiger partial charge in [-0.25, -0.2) is 19.7 Å². The number of phenolic OH excluding ortho intramolecular Hbond substituents is 1. The zero-order valence-corrected chi connectivity index (χ0v) is 69.0. The van der Waals surface area contributed by atoms with E-state index in [1.54, 1.807) is 71.4 Å². The predicted octanol–water partition coefficient (Wildman–Crippen LogP) is 6.03. The number of hydrogen-bond acceptors (Lipinski definition) is 20. The molecule has 42 heteroatoms. The number of aromatic carboxylic acids is 1. The van der Waals surface area contributed by atoms with Crippen LogP contribution < -0.4 is 74.5 Å². The molecule has 1 aliphatic carbocycles. The molecule has 12 rings (SSSR count). The molecule has 8 aromatic heterocycles. The average molecular weight is 1700 g/mol. The van der Waals surface area contributed by atoms with Crippen molar-refractivity contribution in [3.63, 3.8) is 0 Å². The molecule has 0 bridgehead atoms. The molecule has 11 amide bonds. The summed E-state index contributed by atoms with van der Waals surface area (Å²) in [6, 6.07) is 20.4. The quantitative estimate of drug-likeness (QED) is 0.0127. The number of aromatic hydroxyl groups is 1. The minimum absolute atomic E-state index is 0.0174. The van der Waals surface area contributed by atoms with Gasteiger partial charge in [0.2, 0.25) is 35.2 Å². The van der Waals surface area contributed by atoms with Crippen LogP contribution in [0.3, 0.4) is 0 Å². The first-order valence-corrected chi connectivity index (χ1v) is 38.5. The van der Waals surface area contributed by atoms with E-state index in [2.05, 4.69) is 84.1 Å². The summed E-state index contributed by atoms with van der Waals surface area (Å²) in [6.45, 7) is 1.59. The molecule has 0 spiro atoms. The standard InChI is InChI=1S/C81H87N25O16S/c1-98(2)26-12-23-82-65(109)20-24-84-73(113)56-29-45(36-100(56)4)87-74(114)57-30-46(37-101(57)5)88-76(116)59-31-47(38-103(59)7)89-77(117)69-94-62(40-104(69)8)92-66(110)13-11-22-83-72(112)55-28-44(35-99(55)3)86-75(115)58-32-48(39-102(58)6)90-78(118)70-96-64(42-106(70)10)97-79(119)71-95-63(41-105(71)9)93-67(111)21-25-85-81(123)91-43-14-17-51(53(27-43)80(120)121)68-52-18-15-50(108)34-61(52)122-60-19-16-49(107)33-54(60)68/h14-19,27-42,107H,11-13,20-26H2,1-10H3,(H,82,109)(H,83,112)(H,84,113)(H,86,115)(H,87,114)(H,88,116)(H,89,117)(H,90,118)(H,92,110)(H,93,111)(H,97,119)(H,120,121)(H2,85,91,123). The number of benzene rings is 3. The van der Waals surface area contributed by atoms with Crippen LogP contribution >= 0.6 is 12.2 Å². The van der Waals surface area contributed by atoms with Gasteiger partial charge >= 0.3 is 5.97 Å². The van der Waals surface area contributed by atoms with Crippen LogP contribution in [0.4, 0.5) is 51.6 Å². The number of nitrogens with one attached hydrogen (secondary N) is 13. The highest BCUT2D eigenvalue weighted by atomic mass is 32.1. The van der Waals surface area contributed by atoms with Crippen molar-refractivity contribution in [2.24, 2.45) is 56.4 Å². The molecule has 638 valence electrons. The zero-order chi connectivity index (χ0) is 88.4. The Morgan fingerprint density at radius 3 is 1.29 bits per heavy atom. The summed E-state index contributed by atoms with van der Waals surface area (Å²) < 4.78 is 17.6. The molecule has 123 heavy (non-hydrogen) atoms. The molecular formula is C81H87N25O16S. The largest absolute Gasteiger partial charge is 0.508 e. The Morgan fingerprint density at radius 2 is 0.813 bits per heavy atom. The van der Waals surface area contributed by atoms with Gasteiger partial charge in [0.15, 0.2) is 28.0 Å². The SMILES string of the molecule is CN(C)CCCNC(=O)CCNC(=O)c1cc(NC(=O)c2cc(NC(=O)c3cc(NC(=O)c4nc(NC(=O)CCCNC(=O)c5cc(NC(=O)c6cc(NC(=O)c7nc(NC(=O)c8nc(NC(=O)CCNC(=S)Nc9ccc(-c%10c%11ccc(=O)cc-%11oc%11ccc(O)cc%10%11)c(C(=O)O)c9)cn8C)cn7C)cn6C)cn5C)cn4C)cn3C)cn2C)cn1C. The summed E-state index contributed by atoms with van der Waals surface area (Å²) in [6.07, 6.45) is 12.8. The third-order valence-corrected chi connectivity index (χ3v) is 19.4. The lowest BCUT2D eigenvalue weighted by atomic mass is 9.90. The number of fused-ring (bicyclic) bond motifs is 2. The lowest BCUT2D eigenvalue weighted by molar-refractivity contribution is -0.121. The first-order valence-electron chi connectivity index (χ1n) is 38.1. The number of aryl methyl sites for hydroxylation is 8. The van der Waals surface area contributed by atoms with Gasteiger partial charge in [0, 0.05) is 180 Å². The molecule has 41 nitrogen and oxygen atoms in total. The molecule has 1 aliphatic heterocycles. The van der Waals surface area contributed by atoms with Gasteiger partial charge in [-0.3, -0.25) is 57.5 Å². The Kier molecular flexibility index (Phi) is 26.4. The van der Waals surface area contributed by atoms with Crippen molar-refractivity contribution >= 4 is 151 Å². The molecule has 0 saturated heterocycles. The van der Waals surface area contributed by atoms with E-state index in [4.69, 9.17) is 16.6 Å². The predicted molar refractivity (Wildman–Crippen MR) is 458 cm³/mol. The molecule has 0 atom stereocenters. The summed E-state index contributed by atoms with van der Waals surface area (Å²) in [4.78, 5) is 186. The van der Waals surface area contributed by atoms with Crippen molar-refractivity contribution in [2.45, 2.75) is 32.1 Å². The van der Waals surface area contributed by atoms with Crippen molar-refractivity contribution in [2.75, 3.05) is 94.7 Å². The van der Waals surface area contributed by atoms with E-state index in [0.29, 0.717) is 45.7 Å². The fourth-order valence-electron chi connectivity index (χ4n) is 13.3. The second-order valence-corrected chi connectivity index (χ2v) is 29.4. The summed E-state index contributed by atoms with van der Waals surface area (Å²) in [5.41, 5.74) is 3.58. The van der Waals surface area contributed by atoms with E-state index in [-0.39, 0.29) is 165 Å². The van der Waals surface area contributed by atoms with Gasteiger partial charge in [-0.1, -0.05) is 6.07 Å². The number of anilines is 9. The van der Waals surface area contributed by atoms with E-state index >= 15 is 0 Å². The smallest absolute Gasteiger partial charge is 0.336 e. The Morgan fingerprint density at radius 1 is 0.398 bits per heavy atom. The number of imidazole rings is 3. The zero-order valence-electron chi connectivity index (χ0n) is 68.2. The number of rotatable bonds is 33. The topological polar surface area (TPSA) is 513 Å². The summed E-state index contributed by atoms with van der Waals surface area (Å²) >= 11 is 5.46. The van der Waals surface area contributed by atoms with Crippen molar-refractivity contribution in [1.82, 2.24) is 77.7 Å². The Hall–Kier alpha value is -15.8. The summed E-state index contributed by atoms with van der Waals surface area (Å²) in [7, 11) is 16.6. The number of carbonyl (C=O) groups is 12. The van der Waals surface area contributed by atoms with E-state index in [1.807, 2.05) is 19.0 Å². The lowest BCUT2D eigenvalue weighted by Crippen LogP contribution is -2.32. The molecular weight excluding hydrogens is 1610 g/mol. The lowest BCUT2D eigenvalue weighted by Gasteiger charge is -2.18. The van der Waals surface area contributed by atoms with Gasteiger partial charge < -0.3 is 125 Å². The van der Waals surface area contributed by atoms with Gasteiger partial charge in [0.25, 0.3) is 47.3 Å². The van der Waals surface area contributed by atoms with Crippen LogP contribution in [0.25, 0.3) is 33.4 Å². The minimum atomic E-state index is -1.27. The first kappa shape index (κ1) is 86.6. The van der Waals surface area contributed by atoms with Gasteiger partial charge in [0.05, 0.1) is 34.0 Å². The number of amides is 11. The number of aromatic nitrogens is 11. The number of phenols is 1. The minimum Gasteiger partial charge on any atom is -0.508 e. The number of thiocarbonyl (C=S) groups is 1. The molecule has 9 heterocycles. The van der Waals surface area contributed by atoms with Crippen LogP contribution in [-0.4, -0.2) is 189 Å². The number of hydrogen-bond donors (Lipinski definition) is 15. The third kappa shape index (κ3) is 21.2. The number of carboxylic acids is 1. The van der Waals surface area contributed by atoms with Crippen LogP contribution in [0.5, 0.6) is 5.75 Å². The normalized spacial score (nSPS) is 11.1. The monoisotopic (exact) mass is 1700 g/mol. The molecule has 15 N–H and O–H groups in total. The molecule has 0 radical (unpaired) electrons. The van der Waals surface area contributed by atoms with Crippen LogP contribution in [-0.2, 0) is 70.8 Å². The second kappa shape index (κ2) is 37.5. The van der Waals surface area contributed by atoms with E-state index in [1.165, 1.54) is 156 Å². The maximum Gasteiger partial charge on any atom is 0.336 e. The Labute approximate surface area is 704 Å². The molecule has 2 aliphatic rings. The van der Waals surface area contributed by atoms with Crippen molar-refractivity contribution in [3.05, 3.63) is 196 Å². The fourth-order valence-corrected chi connectivity index (χ4v) is 13.5. The maximum atomic E-state index is 13.6. The van der Waals surface area contributed by atoms with E-state index in [0.717, 1.165) is 13.0 Å². The number of carbonyl (C=O) groups excluding carboxylic acids is 11. The Balaban J connectivity index is 0.543. The highest BCUT2D eigenvalue weighted by molar-refractivity contribution is 7.80. The van der Waals surface area contributed by atoms with Crippen LogP contribution in [0.15, 0.2) is 144 Å². The maximum absolute atomic E-state index is 13.6. The molecule has 10 aromatic rings.